The monoisotopic (exact) mass is 325 g/mol. The van der Waals surface area contributed by atoms with Gasteiger partial charge < -0.3 is 5.32 Å². The minimum Gasteiger partial charge on any atom is -0.349 e. The van der Waals surface area contributed by atoms with E-state index < -0.39 is 0 Å². The van der Waals surface area contributed by atoms with E-state index in [9.17, 15) is 4.79 Å². The molecule has 1 amide bonds. The van der Waals surface area contributed by atoms with Crippen LogP contribution in [0.25, 0.3) is 16.2 Å². The molecule has 118 valence electrons. The number of aromatic nitrogens is 2. The third-order valence-corrected chi connectivity index (χ3v) is 5.68. The first-order valence-corrected chi connectivity index (χ1v) is 8.89. The van der Waals surface area contributed by atoms with Crippen LogP contribution in [0.3, 0.4) is 0 Å². The average molecular weight is 325 g/mol. The summed E-state index contributed by atoms with van der Waals surface area (Å²) in [6.45, 7) is 1.99. The lowest BCUT2D eigenvalue weighted by Gasteiger charge is -2.10. The molecule has 4 nitrogen and oxygen atoms in total. The Kier molecular flexibility index (Phi) is 3.65. The molecule has 2 aromatic heterocycles. The molecule has 1 aliphatic rings. The summed E-state index contributed by atoms with van der Waals surface area (Å²) in [6.07, 6.45) is 6.66. The van der Waals surface area contributed by atoms with Gasteiger partial charge in [-0.1, -0.05) is 54.5 Å². The quantitative estimate of drug-likeness (QED) is 0.790. The second-order valence-corrected chi connectivity index (χ2v) is 7.09. The molecule has 5 heteroatoms. The van der Waals surface area contributed by atoms with Crippen LogP contribution in [0.4, 0.5) is 0 Å². The Morgan fingerprint density at radius 3 is 2.70 bits per heavy atom. The van der Waals surface area contributed by atoms with Gasteiger partial charge in [0.05, 0.1) is 5.69 Å². The van der Waals surface area contributed by atoms with E-state index >= 15 is 0 Å². The molecular formula is C18H19N3OS. The summed E-state index contributed by atoms with van der Waals surface area (Å²) in [5.41, 5.74) is 3.01. The lowest BCUT2D eigenvalue weighted by Crippen LogP contribution is -2.32. The van der Waals surface area contributed by atoms with Gasteiger partial charge in [0, 0.05) is 23.5 Å². The smallest absolute Gasteiger partial charge is 0.263 e. The number of carbonyl (C=O) groups excluding carboxylic acids is 1. The van der Waals surface area contributed by atoms with E-state index in [4.69, 9.17) is 0 Å². The van der Waals surface area contributed by atoms with Crippen molar-refractivity contribution in [2.75, 3.05) is 0 Å². The van der Waals surface area contributed by atoms with Crippen LogP contribution in [0.2, 0.25) is 0 Å². The minimum atomic E-state index is 0.0474. The molecule has 0 spiro atoms. The fraction of sp³-hybridized carbons (Fsp3) is 0.333. The highest BCUT2D eigenvalue weighted by Gasteiger charge is 2.22. The largest absolute Gasteiger partial charge is 0.349 e. The van der Waals surface area contributed by atoms with Crippen molar-refractivity contribution in [2.45, 2.75) is 38.6 Å². The van der Waals surface area contributed by atoms with Gasteiger partial charge in [-0.3, -0.25) is 9.20 Å². The number of aryl methyl sites for hydroxylation is 1. The summed E-state index contributed by atoms with van der Waals surface area (Å²) < 4.78 is 2.02. The Labute approximate surface area is 139 Å². The van der Waals surface area contributed by atoms with E-state index in [-0.39, 0.29) is 5.91 Å². The lowest BCUT2D eigenvalue weighted by atomic mass is 10.2. The molecule has 1 aliphatic carbocycles. The number of amides is 1. The Morgan fingerprint density at radius 1 is 1.26 bits per heavy atom. The van der Waals surface area contributed by atoms with Crippen LogP contribution in [0.5, 0.6) is 0 Å². The first kappa shape index (κ1) is 14.5. The Balaban J connectivity index is 1.63. The molecule has 0 radical (unpaired) electrons. The van der Waals surface area contributed by atoms with Crippen LogP contribution in [0.1, 0.15) is 41.0 Å². The van der Waals surface area contributed by atoms with Crippen LogP contribution in [0.15, 0.2) is 36.5 Å². The zero-order valence-electron chi connectivity index (χ0n) is 13.1. The van der Waals surface area contributed by atoms with Gasteiger partial charge in [-0.2, -0.15) is 0 Å². The van der Waals surface area contributed by atoms with Crippen molar-refractivity contribution in [3.05, 3.63) is 47.1 Å². The topological polar surface area (TPSA) is 46.4 Å². The van der Waals surface area contributed by atoms with Gasteiger partial charge in [-0.25, -0.2) is 4.98 Å². The van der Waals surface area contributed by atoms with Crippen molar-refractivity contribution in [3.63, 3.8) is 0 Å². The summed E-state index contributed by atoms with van der Waals surface area (Å²) in [6, 6.07) is 10.5. The number of thiazole rings is 1. The number of imidazole rings is 1. The summed E-state index contributed by atoms with van der Waals surface area (Å²) in [5, 5.41) is 3.16. The number of nitrogens with zero attached hydrogens (tertiary/aromatic N) is 2. The summed E-state index contributed by atoms with van der Waals surface area (Å²) >= 11 is 1.47. The molecule has 23 heavy (non-hydrogen) atoms. The molecule has 1 N–H and O–H groups in total. The molecule has 0 unspecified atom stereocenters. The Morgan fingerprint density at radius 2 is 2.00 bits per heavy atom. The molecule has 0 bridgehead atoms. The lowest BCUT2D eigenvalue weighted by molar-refractivity contribution is 0.0941. The average Bonchev–Trinajstić information content (AvgIpc) is 3.26. The van der Waals surface area contributed by atoms with Crippen molar-refractivity contribution < 1.29 is 4.79 Å². The van der Waals surface area contributed by atoms with E-state index in [1.165, 1.54) is 24.2 Å². The number of nitrogens with one attached hydrogen (secondary N) is 1. The van der Waals surface area contributed by atoms with Crippen molar-refractivity contribution in [1.82, 2.24) is 14.7 Å². The minimum absolute atomic E-state index is 0.0474. The molecule has 0 saturated heterocycles. The summed E-state index contributed by atoms with van der Waals surface area (Å²) in [4.78, 5) is 18.8. The van der Waals surface area contributed by atoms with Gasteiger partial charge in [-0.15, -0.1) is 0 Å². The molecule has 1 aromatic carbocycles. The van der Waals surface area contributed by atoms with Gasteiger partial charge in [0.2, 0.25) is 0 Å². The predicted octanol–water partition coefficient (Wildman–Crippen LogP) is 4.04. The standard InChI is InChI=1S/C18H19N3OS/c1-12-16(17(22)19-14-9-5-6-10-14)23-18-20-15(11-21(12)18)13-7-3-2-4-8-13/h2-4,7-8,11,14H,5-6,9-10H2,1H3,(H,19,22). The van der Waals surface area contributed by atoms with Gasteiger partial charge >= 0.3 is 0 Å². The van der Waals surface area contributed by atoms with Crippen molar-refractivity contribution in [2.24, 2.45) is 0 Å². The SMILES string of the molecule is Cc1c(C(=O)NC2CCCC2)sc2nc(-c3ccccc3)cn12. The second-order valence-electron chi connectivity index (χ2n) is 6.12. The first-order chi connectivity index (χ1) is 11.2. The number of carbonyl (C=O) groups is 1. The van der Waals surface area contributed by atoms with Crippen LogP contribution in [-0.2, 0) is 0 Å². The summed E-state index contributed by atoms with van der Waals surface area (Å²) in [7, 11) is 0. The number of benzene rings is 1. The fourth-order valence-corrected chi connectivity index (χ4v) is 4.24. The number of hydrogen-bond acceptors (Lipinski definition) is 3. The molecule has 2 heterocycles. The van der Waals surface area contributed by atoms with E-state index in [2.05, 4.69) is 22.4 Å². The zero-order valence-corrected chi connectivity index (χ0v) is 13.9. The number of fused-ring (bicyclic) bond motifs is 1. The van der Waals surface area contributed by atoms with Gasteiger partial charge in [0.1, 0.15) is 4.88 Å². The normalized spacial score (nSPS) is 15.3. The highest BCUT2D eigenvalue weighted by molar-refractivity contribution is 7.19. The molecule has 1 saturated carbocycles. The van der Waals surface area contributed by atoms with E-state index in [0.29, 0.717) is 6.04 Å². The van der Waals surface area contributed by atoms with Crippen molar-refractivity contribution in [3.8, 4) is 11.3 Å². The molecule has 4 rings (SSSR count). The van der Waals surface area contributed by atoms with Gasteiger partial charge in [0.15, 0.2) is 4.96 Å². The van der Waals surface area contributed by atoms with E-state index in [1.54, 1.807) is 0 Å². The zero-order chi connectivity index (χ0) is 15.8. The first-order valence-electron chi connectivity index (χ1n) is 8.07. The fourth-order valence-electron chi connectivity index (χ4n) is 3.23. The van der Waals surface area contributed by atoms with Crippen LogP contribution in [0, 0.1) is 6.92 Å². The van der Waals surface area contributed by atoms with E-state index in [0.717, 1.165) is 39.6 Å². The number of hydrogen-bond donors (Lipinski definition) is 1. The van der Waals surface area contributed by atoms with Crippen molar-refractivity contribution >= 4 is 22.2 Å². The van der Waals surface area contributed by atoms with Crippen LogP contribution in [-0.4, -0.2) is 21.3 Å². The van der Waals surface area contributed by atoms with Crippen LogP contribution >= 0.6 is 11.3 Å². The molecule has 3 aromatic rings. The third kappa shape index (κ3) is 2.65. The van der Waals surface area contributed by atoms with Gasteiger partial charge in [-0.05, 0) is 19.8 Å². The maximum atomic E-state index is 12.5. The molecular weight excluding hydrogens is 306 g/mol. The Bertz CT molecular complexity index is 844. The molecule has 0 atom stereocenters. The van der Waals surface area contributed by atoms with Gasteiger partial charge in [0.25, 0.3) is 5.91 Å². The van der Waals surface area contributed by atoms with Crippen LogP contribution < -0.4 is 5.32 Å². The highest BCUT2D eigenvalue weighted by Crippen LogP contribution is 2.27. The Hall–Kier alpha value is -2.14. The van der Waals surface area contributed by atoms with E-state index in [1.807, 2.05) is 35.7 Å². The highest BCUT2D eigenvalue weighted by atomic mass is 32.1. The molecule has 0 aliphatic heterocycles. The van der Waals surface area contributed by atoms with Crippen molar-refractivity contribution in [1.29, 1.82) is 0 Å². The third-order valence-electron chi connectivity index (χ3n) is 4.52. The predicted molar refractivity (Wildman–Crippen MR) is 93.0 cm³/mol. The molecule has 1 fully saturated rings. The maximum absolute atomic E-state index is 12.5. The number of rotatable bonds is 3. The maximum Gasteiger partial charge on any atom is 0.263 e. The second kappa shape index (κ2) is 5.81. The summed E-state index contributed by atoms with van der Waals surface area (Å²) in [5.74, 6) is 0.0474.